The van der Waals surface area contributed by atoms with Gasteiger partial charge in [-0.15, -0.1) is 12.4 Å². The van der Waals surface area contributed by atoms with Gasteiger partial charge in [0.15, 0.2) is 5.95 Å². The van der Waals surface area contributed by atoms with Gasteiger partial charge in [-0.2, -0.15) is 0 Å². The largest absolute Gasteiger partial charge is 0.369 e. The van der Waals surface area contributed by atoms with Gasteiger partial charge in [-0.3, -0.25) is 4.79 Å². The number of imidazole rings is 1. The highest BCUT2D eigenvalue weighted by Crippen LogP contribution is 2.03. The minimum absolute atomic E-state index is 0. The molecule has 0 bridgehead atoms. The second-order valence-corrected chi connectivity index (χ2v) is 4.56. The summed E-state index contributed by atoms with van der Waals surface area (Å²) >= 11 is 0. The Morgan fingerprint density at radius 1 is 1.37 bits per heavy atom. The second-order valence-electron chi connectivity index (χ2n) is 4.56. The van der Waals surface area contributed by atoms with Crippen LogP contribution in [0.1, 0.15) is 51.1 Å². The summed E-state index contributed by atoms with van der Waals surface area (Å²) < 4.78 is 0. The van der Waals surface area contributed by atoms with E-state index < -0.39 is 0 Å². The Bertz CT molecular complexity index is 354. The molecule has 1 amide bonds. The van der Waals surface area contributed by atoms with E-state index in [-0.39, 0.29) is 18.3 Å². The molecule has 1 rings (SSSR count). The Balaban J connectivity index is 0.00000324. The number of rotatable bonds is 9. The number of nitrogens with zero attached hydrogens (tertiary/aromatic N) is 1. The summed E-state index contributed by atoms with van der Waals surface area (Å²) in [6, 6.07) is 0. The minimum Gasteiger partial charge on any atom is -0.369 e. The molecule has 5 nitrogen and oxygen atoms in total. The summed E-state index contributed by atoms with van der Waals surface area (Å²) in [4.78, 5) is 18.3. The lowest BCUT2D eigenvalue weighted by atomic mass is 10.1. The van der Waals surface area contributed by atoms with Gasteiger partial charge in [0.05, 0.1) is 6.20 Å². The van der Waals surface area contributed by atoms with Crippen molar-refractivity contribution >= 4 is 24.3 Å². The zero-order chi connectivity index (χ0) is 13.2. The number of unbranched alkanes of at least 4 members (excludes halogenated alkanes) is 4. The number of nitrogens with one attached hydrogen (secondary N) is 2. The smallest absolute Gasteiger partial charge is 0.220 e. The third kappa shape index (κ3) is 8.48. The van der Waals surface area contributed by atoms with Gasteiger partial charge >= 0.3 is 0 Å². The van der Waals surface area contributed by atoms with Crippen LogP contribution in [0, 0.1) is 0 Å². The van der Waals surface area contributed by atoms with Gasteiger partial charge in [0.2, 0.25) is 5.91 Å². The number of carbonyl (C=O) groups is 1. The number of nitrogens with two attached hydrogens (primary N) is 1. The lowest BCUT2D eigenvalue weighted by molar-refractivity contribution is -0.121. The van der Waals surface area contributed by atoms with Crippen LogP contribution in [0.25, 0.3) is 0 Å². The van der Waals surface area contributed by atoms with E-state index in [2.05, 4.69) is 22.2 Å². The molecule has 0 radical (unpaired) electrons. The van der Waals surface area contributed by atoms with Gasteiger partial charge in [0.1, 0.15) is 0 Å². The molecule has 0 spiro atoms. The Labute approximate surface area is 121 Å². The standard InChI is InChI=1S/C13H24N4O.ClH/c1-2-3-4-5-6-9-15-12(18)8-7-11-10-16-13(14)17-11;/h10H,2-9H2,1H3,(H,15,18)(H3,14,16,17);1H. The Hall–Kier alpha value is -1.23. The Morgan fingerprint density at radius 2 is 2.11 bits per heavy atom. The lowest BCUT2D eigenvalue weighted by Gasteiger charge is -2.04. The topological polar surface area (TPSA) is 83.8 Å². The number of aromatic amines is 1. The van der Waals surface area contributed by atoms with Gasteiger partial charge in [-0.05, 0) is 12.8 Å². The fraction of sp³-hybridized carbons (Fsp3) is 0.692. The number of aromatic nitrogens is 2. The van der Waals surface area contributed by atoms with Crippen LogP contribution in [0.2, 0.25) is 0 Å². The van der Waals surface area contributed by atoms with Gasteiger partial charge in [0, 0.05) is 18.7 Å². The number of halogens is 1. The molecular formula is C13H25ClN4O. The van der Waals surface area contributed by atoms with E-state index in [0.29, 0.717) is 18.8 Å². The molecule has 1 heterocycles. The van der Waals surface area contributed by atoms with E-state index in [9.17, 15) is 4.79 Å². The maximum Gasteiger partial charge on any atom is 0.220 e. The second kappa shape index (κ2) is 10.7. The summed E-state index contributed by atoms with van der Waals surface area (Å²) in [5.74, 6) is 0.500. The zero-order valence-corrected chi connectivity index (χ0v) is 12.4. The summed E-state index contributed by atoms with van der Waals surface area (Å²) in [5, 5.41) is 2.93. The quantitative estimate of drug-likeness (QED) is 0.610. The highest BCUT2D eigenvalue weighted by Gasteiger charge is 2.03. The molecule has 6 heteroatoms. The van der Waals surface area contributed by atoms with Crippen LogP contribution >= 0.6 is 12.4 Å². The van der Waals surface area contributed by atoms with Gasteiger partial charge in [0.25, 0.3) is 0 Å². The summed E-state index contributed by atoms with van der Waals surface area (Å²) in [6.45, 7) is 2.98. The summed E-state index contributed by atoms with van der Waals surface area (Å²) in [6.07, 6.45) is 8.89. The van der Waals surface area contributed by atoms with Crippen molar-refractivity contribution in [3.8, 4) is 0 Å². The first-order valence-corrected chi connectivity index (χ1v) is 6.78. The molecule has 110 valence electrons. The third-order valence-electron chi connectivity index (χ3n) is 2.87. The predicted octanol–water partition coefficient (Wildman–Crippen LogP) is 2.43. The van der Waals surface area contributed by atoms with Crippen molar-refractivity contribution in [3.05, 3.63) is 11.9 Å². The first-order chi connectivity index (χ1) is 8.72. The van der Waals surface area contributed by atoms with Crippen molar-refractivity contribution in [2.45, 2.75) is 51.9 Å². The first kappa shape index (κ1) is 17.8. The van der Waals surface area contributed by atoms with Crippen LogP contribution in [-0.4, -0.2) is 22.4 Å². The highest BCUT2D eigenvalue weighted by atomic mass is 35.5. The summed E-state index contributed by atoms with van der Waals surface area (Å²) in [5.41, 5.74) is 6.36. The van der Waals surface area contributed by atoms with E-state index in [0.717, 1.165) is 18.7 Å². The molecule has 0 saturated carbocycles. The number of nitrogen functional groups attached to an aromatic ring is 1. The van der Waals surface area contributed by atoms with Crippen LogP contribution in [-0.2, 0) is 11.2 Å². The molecular weight excluding hydrogens is 264 g/mol. The number of aryl methyl sites for hydroxylation is 1. The number of carbonyl (C=O) groups excluding carboxylic acids is 1. The van der Waals surface area contributed by atoms with Crippen LogP contribution < -0.4 is 11.1 Å². The molecule has 0 aromatic carbocycles. The number of anilines is 1. The zero-order valence-electron chi connectivity index (χ0n) is 11.6. The van der Waals surface area contributed by atoms with Crippen LogP contribution in [0.5, 0.6) is 0 Å². The van der Waals surface area contributed by atoms with Crippen LogP contribution in [0.4, 0.5) is 5.95 Å². The molecule has 0 fully saturated rings. The number of H-pyrrole nitrogens is 1. The normalized spacial score (nSPS) is 9.95. The predicted molar refractivity (Wildman–Crippen MR) is 80.3 cm³/mol. The molecule has 0 aliphatic carbocycles. The molecule has 1 aromatic heterocycles. The molecule has 1 aromatic rings. The fourth-order valence-corrected chi connectivity index (χ4v) is 1.80. The molecule has 0 aliphatic heterocycles. The molecule has 0 atom stereocenters. The van der Waals surface area contributed by atoms with Crippen molar-refractivity contribution in [2.24, 2.45) is 0 Å². The molecule has 0 saturated heterocycles. The van der Waals surface area contributed by atoms with Gasteiger partial charge in [-0.1, -0.05) is 32.6 Å². The molecule has 19 heavy (non-hydrogen) atoms. The lowest BCUT2D eigenvalue weighted by Crippen LogP contribution is -2.24. The number of hydrogen-bond donors (Lipinski definition) is 3. The monoisotopic (exact) mass is 288 g/mol. The number of hydrogen-bond acceptors (Lipinski definition) is 3. The van der Waals surface area contributed by atoms with Gasteiger partial charge < -0.3 is 16.0 Å². The van der Waals surface area contributed by atoms with E-state index in [1.54, 1.807) is 6.20 Å². The Kier molecular flexibility index (Phi) is 9.98. The van der Waals surface area contributed by atoms with Crippen LogP contribution in [0.15, 0.2) is 6.20 Å². The molecule has 0 unspecified atom stereocenters. The van der Waals surface area contributed by atoms with Crippen molar-refractivity contribution in [2.75, 3.05) is 12.3 Å². The van der Waals surface area contributed by atoms with Gasteiger partial charge in [-0.25, -0.2) is 4.98 Å². The summed E-state index contributed by atoms with van der Waals surface area (Å²) in [7, 11) is 0. The highest BCUT2D eigenvalue weighted by molar-refractivity contribution is 5.85. The maximum atomic E-state index is 11.5. The van der Waals surface area contributed by atoms with Crippen molar-refractivity contribution in [1.29, 1.82) is 0 Å². The SMILES string of the molecule is CCCCCCCNC(=O)CCc1cnc(N)[nH]1.Cl. The van der Waals surface area contributed by atoms with E-state index >= 15 is 0 Å². The Morgan fingerprint density at radius 3 is 2.74 bits per heavy atom. The van der Waals surface area contributed by atoms with E-state index in [1.807, 2.05) is 0 Å². The van der Waals surface area contributed by atoms with Crippen molar-refractivity contribution in [1.82, 2.24) is 15.3 Å². The van der Waals surface area contributed by atoms with Crippen molar-refractivity contribution < 1.29 is 4.79 Å². The average Bonchev–Trinajstić information content (AvgIpc) is 2.77. The third-order valence-corrected chi connectivity index (χ3v) is 2.87. The molecule has 4 N–H and O–H groups in total. The first-order valence-electron chi connectivity index (χ1n) is 6.78. The van der Waals surface area contributed by atoms with E-state index in [1.165, 1.54) is 25.7 Å². The van der Waals surface area contributed by atoms with Crippen molar-refractivity contribution in [3.63, 3.8) is 0 Å². The van der Waals surface area contributed by atoms with E-state index in [4.69, 9.17) is 5.73 Å². The average molecular weight is 289 g/mol. The molecule has 0 aliphatic rings. The maximum absolute atomic E-state index is 11.5. The minimum atomic E-state index is 0. The number of amides is 1. The fourth-order valence-electron chi connectivity index (χ4n) is 1.80. The van der Waals surface area contributed by atoms with Crippen LogP contribution in [0.3, 0.4) is 0 Å².